The van der Waals surface area contributed by atoms with Gasteiger partial charge in [-0.05, 0) is 18.6 Å². The molecule has 0 aliphatic rings. The number of halogens is 2. The number of anilines is 1. The zero-order valence-corrected chi connectivity index (χ0v) is 11.8. The number of nitrogen functional groups attached to an aromatic ring is 1. The third-order valence-electron chi connectivity index (χ3n) is 2.72. The van der Waals surface area contributed by atoms with Crippen LogP contribution in [0.5, 0.6) is 0 Å². The molecule has 0 aliphatic carbocycles. The van der Waals surface area contributed by atoms with Crippen molar-refractivity contribution in [1.82, 2.24) is 9.78 Å². The Morgan fingerprint density at radius 1 is 1.43 bits per heavy atom. The average Bonchev–Trinajstić information content (AvgIpc) is 2.39. The molecule has 5 N–H and O–H groups in total. The molecule has 1 aromatic heterocycles. The summed E-state index contributed by atoms with van der Waals surface area (Å²) in [5.41, 5.74) is 6.85. The van der Waals surface area contributed by atoms with Crippen molar-refractivity contribution in [3.05, 3.63) is 51.7 Å². The molecule has 0 fully saturated rings. The van der Waals surface area contributed by atoms with E-state index in [9.17, 15) is 14.0 Å². The molecule has 2 rings (SSSR count). The molecule has 0 atom stereocenters. The van der Waals surface area contributed by atoms with Crippen LogP contribution in [-0.4, -0.2) is 15.7 Å². The van der Waals surface area contributed by atoms with Crippen molar-refractivity contribution in [2.75, 3.05) is 5.43 Å². The molecule has 0 radical (unpaired) electrons. The van der Waals surface area contributed by atoms with Gasteiger partial charge < -0.3 is 11.2 Å². The third-order valence-corrected chi connectivity index (χ3v) is 2.72. The summed E-state index contributed by atoms with van der Waals surface area (Å²) in [7, 11) is 0. The lowest BCUT2D eigenvalue weighted by molar-refractivity contribution is 0.0994. The lowest BCUT2D eigenvalue weighted by Gasteiger charge is -2.12. The number of amides is 1. The zero-order chi connectivity index (χ0) is 14.9. The second kappa shape index (κ2) is 6.33. The Hall–Kier alpha value is -2.45. The summed E-state index contributed by atoms with van der Waals surface area (Å²) in [6.45, 7) is 1.62. The molecule has 1 amide bonds. The number of carbonyl (C=O) groups excluding carboxylic acids is 1. The van der Waals surface area contributed by atoms with Crippen molar-refractivity contribution in [2.24, 2.45) is 11.6 Å². The van der Waals surface area contributed by atoms with E-state index in [2.05, 4.69) is 10.5 Å². The molecule has 0 spiro atoms. The summed E-state index contributed by atoms with van der Waals surface area (Å²) in [5, 5.41) is 3.78. The van der Waals surface area contributed by atoms with Gasteiger partial charge in [-0.2, -0.15) is 9.78 Å². The second-order valence-electron chi connectivity index (χ2n) is 4.07. The van der Waals surface area contributed by atoms with Crippen LogP contribution in [0.4, 0.5) is 10.1 Å². The smallest absolute Gasteiger partial charge is 0.273 e. The Morgan fingerprint density at radius 2 is 2.10 bits per heavy atom. The molecular weight excluding hydrogens is 301 g/mol. The maximum atomic E-state index is 13.9. The zero-order valence-electron chi connectivity index (χ0n) is 11.0. The fourth-order valence-electron chi connectivity index (χ4n) is 1.80. The number of carbonyl (C=O) groups is 1. The first kappa shape index (κ1) is 16.6. The van der Waals surface area contributed by atoms with Crippen LogP contribution in [0.15, 0.2) is 29.1 Å². The molecule has 2 aromatic rings. The van der Waals surface area contributed by atoms with Gasteiger partial charge in [0.25, 0.3) is 11.5 Å². The molecule has 0 saturated heterocycles. The standard InChI is InChI=1S/C12H12FN5O2.ClH/c1-6-3-2-4-7(13)11(6)18-9(19)5-8(16-15)10(17-18)12(14)20;/h2-5,16H,15H2,1H3,(H2,14,20);1H. The number of nitrogens with two attached hydrogens (primary N) is 2. The number of rotatable bonds is 3. The van der Waals surface area contributed by atoms with E-state index < -0.39 is 17.3 Å². The Morgan fingerprint density at radius 3 is 2.62 bits per heavy atom. The second-order valence-corrected chi connectivity index (χ2v) is 4.07. The van der Waals surface area contributed by atoms with E-state index in [1.807, 2.05) is 0 Å². The molecule has 1 aromatic carbocycles. The van der Waals surface area contributed by atoms with Gasteiger partial charge in [0.2, 0.25) is 0 Å². The number of hydrogen-bond acceptors (Lipinski definition) is 5. The van der Waals surface area contributed by atoms with Gasteiger partial charge in [-0.25, -0.2) is 4.39 Å². The first-order chi connectivity index (χ1) is 9.45. The first-order valence-electron chi connectivity index (χ1n) is 5.62. The Balaban J connectivity index is 0.00000220. The normalized spacial score (nSPS) is 9.86. The van der Waals surface area contributed by atoms with Crippen molar-refractivity contribution in [3.8, 4) is 5.69 Å². The van der Waals surface area contributed by atoms with E-state index in [-0.39, 0.29) is 29.5 Å². The van der Waals surface area contributed by atoms with Gasteiger partial charge in [0.1, 0.15) is 11.5 Å². The molecule has 112 valence electrons. The van der Waals surface area contributed by atoms with Crippen LogP contribution in [0.3, 0.4) is 0 Å². The first-order valence-corrected chi connectivity index (χ1v) is 5.62. The maximum absolute atomic E-state index is 13.9. The monoisotopic (exact) mass is 313 g/mol. The van der Waals surface area contributed by atoms with E-state index in [1.54, 1.807) is 13.0 Å². The summed E-state index contributed by atoms with van der Waals surface area (Å²) in [6.07, 6.45) is 0. The predicted octanol–water partition coefficient (Wildman–Crippen LogP) is 0.486. The van der Waals surface area contributed by atoms with E-state index in [0.717, 1.165) is 10.7 Å². The van der Waals surface area contributed by atoms with Crippen molar-refractivity contribution in [3.63, 3.8) is 0 Å². The summed E-state index contributed by atoms with van der Waals surface area (Å²) in [6, 6.07) is 5.34. The quantitative estimate of drug-likeness (QED) is 0.563. The molecule has 0 aliphatic heterocycles. The van der Waals surface area contributed by atoms with Crippen LogP contribution < -0.4 is 22.6 Å². The van der Waals surface area contributed by atoms with E-state index >= 15 is 0 Å². The fourth-order valence-corrected chi connectivity index (χ4v) is 1.80. The van der Waals surface area contributed by atoms with Crippen LogP contribution in [0.25, 0.3) is 5.69 Å². The number of hydrogen-bond donors (Lipinski definition) is 3. The Labute approximate surface area is 125 Å². The highest BCUT2D eigenvalue weighted by Crippen LogP contribution is 2.17. The van der Waals surface area contributed by atoms with Crippen LogP contribution in [0, 0.1) is 12.7 Å². The van der Waals surface area contributed by atoms with E-state index in [1.165, 1.54) is 12.1 Å². The van der Waals surface area contributed by atoms with Crippen LogP contribution >= 0.6 is 12.4 Å². The number of hydrazine groups is 1. The van der Waals surface area contributed by atoms with Crippen LogP contribution in [-0.2, 0) is 0 Å². The largest absolute Gasteiger partial charge is 0.364 e. The highest BCUT2D eigenvalue weighted by Gasteiger charge is 2.17. The van der Waals surface area contributed by atoms with Gasteiger partial charge in [0.05, 0.1) is 5.69 Å². The molecule has 21 heavy (non-hydrogen) atoms. The number of primary amides is 1. The number of nitrogens with one attached hydrogen (secondary N) is 1. The highest BCUT2D eigenvalue weighted by atomic mass is 35.5. The lowest BCUT2D eigenvalue weighted by atomic mass is 10.2. The van der Waals surface area contributed by atoms with Crippen molar-refractivity contribution >= 4 is 24.0 Å². The minimum Gasteiger partial charge on any atom is -0.364 e. The van der Waals surface area contributed by atoms with Gasteiger partial charge in [-0.15, -0.1) is 12.4 Å². The lowest BCUT2D eigenvalue weighted by Crippen LogP contribution is -2.29. The molecule has 0 unspecified atom stereocenters. The predicted molar refractivity (Wildman–Crippen MR) is 78.1 cm³/mol. The van der Waals surface area contributed by atoms with Gasteiger partial charge >= 0.3 is 0 Å². The molecule has 7 nitrogen and oxygen atoms in total. The summed E-state index contributed by atoms with van der Waals surface area (Å²) in [5.74, 6) is 3.66. The molecule has 0 bridgehead atoms. The van der Waals surface area contributed by atoms with Crippen LogP contribution in [0.1, 0.15) is 16.1 Å². The van der Waals surface area contributed by atoms with Gasteiger partial charge in [-0.3, -0.25) is 15.4 Å². The number of benzene rings is 1. The Kier molecular flexibility index (Phi) is 5.01. The minimum absolute atomic E-state index is 0. The Bertz CT molecular complexity index is 727. The SMILES string of the molecule is Cc1cccc(F)c1-n1nc(C(N)=O)c(NN)cc1=O.Cl. The van der Waals surface area contributed by atoms with E-state index in [0.29, 0.717) is 5.56 Å². The highest BCUT2D eigenvalue weighted by molar-refractivity contribution is 5.96. The van der Waals surface area contributed by atoms with Gasteiger partial charge in [0, 0.05) is 6.07 Å². The van der Waals surface area contributed by atoms with Crippen molar-refractivity contribution in [2.45, 2.75) is 6.92 Å². The summed E-state index contributed by atoms with van der Waals surface area (Å²) < 4.78 is 14.7. The van der Waals surface area contributed by atoms with E-state index in [4.69, 9.17) is 11.6 Å². The minimum atomic E-state index is -0.888. The average molecular weight is 314 g/mol. The van der Waals surface area contributed by atoms with Gasteiger partial charge in [-0.1, -0.05) is 12.1 Å². The third kappa shape index (κ3) is 3.01. The number of para-hydroxylation sites is 1. The molecule has 1 heterocycles. The number of aromatic nitrogens is 2. The van der Waals surface area contributed by atoms with Crippen molar-refractivity contribution in [1.29, 1.82) is 0 Å². The molecule has 9 heteroatoms. The molecule has 0 saturated carbocycles. The van der Waals surface area contributed by atoms with Gasteiger partial charge in [0.15, 0.2) is 5.69 Å². The number of aryl methyl sites for hydroxylation is 1. The topological polar surface area (TPSA) is 116 Å². The summed E-state index contributed by atoms with van der Waals surface area (Å²) in [4.78, 5) is 23.3. The van der Waals surface area contributed by atoms with Crippen LogP contribution in [0.2, 0.25) is 0 Å². The number of nitrogens with zero attached hydrogens (tertiary/aromatic N) is 2. The molecular formula is C12H13ClFN5O2. The maximum Gasteiger partial charge on any atom is 0.273 e. The van der Waals surface area contributed by atoms with Crippen molar-refractivity contribution < 1.29 is 9.18 Å². The fraction of sp³-hybridized carbons (Fsp3) is 0.0833. The summed E-state index contributed by atoms with van der Waals surface area (Å²) >= 11 is 0.